The zero-order valence-electron chi connectivity index (χ0n) is 21.8. The second-order valence-corrected chi connectivity index (χ2v) is 8.80. The van der Waals surface area contributed by atoms with E-state index in [2.05, 4.69) is 115 Å². The Bertz CT molecular complexity index is 877. The molecular formula is C32H46. The van der Waals surface area contributed by atoms with Gasteiger partial charge in [-0.1, -0.05) is 99.0 Å². The van der Waals surface area contributed by atoms with Gasteiger partial charge in [-0.3, -0.25) is 0 Å². The third-order valence-corrected chi connectivity index (χ3v) is 5.96. The summed E-state index contributed by atoms with van der Waals surface area (Å²) in [5, 5.41) is 0. The van der Waals surface area contributed by atoms with Crippen LogP contribution in [0, 0.1) is 13.8 Å². The van der Waals surface area contributed by atoms with E-state index >= 15 is 0 Å². The van der Waals surface area contributed by atoms with Crippen molar-refractivity contribution in [3.8, 4) is 0 Å². The molecule has 0 radical (unpaired) electrons. The third kappa shape index (κ3) is 10.8. The van der Waals surface area contributed by atoms with Crippen LogP contribution in [-0.2, 0) is 19.3 Å². The van der Waals surface area contributed by atoms with Crippen molar-refractivity contribution >= 4 is 6.08 Å². The van der Waals surface area contributed by atoms with E-state index in [0.717, 1.165) is 6.42 Å². The molecule has 0 aliphatic heterocycles. The molecule has 0 aliphatic carbocycles. The highest BCUT2D eigenvalue weighted by molar-refractivity contribution is 5.51. The van der Waals surface area contributed by atoms with Crippen molar-refractivity contribution in [3.63, 3.8) is 0 Å². The van der Waals surface area contributed by atoms with Crippen LogP contribution in [0.1, 0.15) is 93.7 Å². The summed E-state index contributed by atoms with van der Waals surface area (Å²) < 4.78 is 0. The first-order chi connectivity index (χ1) is 15.4. The van der Waals surface area contributed by atoms with E-state index in [1.807, 2.05) is 0 Å². The summed E-state index contributed by atoms with van der Waals surface area (Å²) in [6.45, 7) is 15.2. The maximum atomic E-state index is 2.42. The second kappa shape index (κ2) is 16.3. The first-order valence-corrected chi connectivity index (χ1v) is 12.5. The molecule has 0 atom stereocenters. The van der Waals surface area contributed by atoms with Gasteiger partial charge in [-0.15, -0.1) is 0 Å². The molecule has 174 valence electrons. The fraction of sp³-hybridized carbons (Fsp3) is 0.438. The molecule has 0 spiro atoms. The standard InChI is InChI=1S/C19H28.C13H18/c1-5-8-10-18-14-12-17(9-6-2)15-19(18)13-11-16(4)7-3;1-4-5-6-7-13-9-8-11(2)12(3)10-13/h5,7-8,12,14-15H,6,9-11,13H2,1-4H3;6-10H,4-5H2,1-3H3/b8-5+,16-7-;7-6+. The summed E-state index contributed by atoms with van der Waals surface area (Å²) in [5.74, 6) is 0. The number of hydrogen-bond donors (Lipinski definition) is 0. The lowest BCUT2D eigenvalue weighted by Crippen LogP contribution is -1.97. The zero-order valence-corrected chi connectivity index (χ0v) is 21.8. The molecule has 0 saturated heterocycles. The van der Waals surface area contributed by atoms with Gasteiger partial charge in [0.15, 0.2) is 0 Å². The van der Waals surface area contributed by atoms with E-state index in [0.29, 0.717) is 0 Å². The molecule has 0 heteroatoms. The van der Waals surface area contributed by atoms with E-state index < -0.39 is 0 Å². The van der Waals surface area contributed by atoms with Gasteiger partial charge in [0.1, 0.15) is 0 Å². The van der Waals surface area contributed by atoms with Gasteiger partial charge in [0.25, 0.3) is 0 Å². The molecule has 2 rings (SSSR count). The second-order valence-electron chi connectivity index (χ2n) is 8.80. The van der Waals surface area contributed by atoms with Crippen LogP contribution >= 0.6 is 0 Å². The van der Waals surface area contributed by atoms with Crippen molar-refractivity contribution in [1.82, 2.24) is 0 Å². The molecule has 0 N–H and O–H groups in total. The minimum absolute atomic E-state index is 1.06. The summed E-state index contributed by atoms with van der Waals surface area (Å²) >= 11 is 0. The average Bonchev–Trinajstić information content (AvgIpc) is 2.80. The highest BCUT2D eigenvalue weighted by Crippen LogP contribution is 2.18. The van der Waals surface area contributed by atoms with E-state index in [1.165, 1.54) is 77.5 Å². The molecule has 0 nitrogen and oxygen atoms in total. The Morgan fingerprint density at radius 3 is 2.22 bits per heavy atom. The Morgan fingerprint density at radius 1 is 0.812 bits per heavy atom. The molecule has 32 heavy (non-hydrogen) atoms. The SMILES string of the molecule is C/C=C(/C)CCc1cc(CCC)ccc1C/C=C/C.CCC/C=C/c1ccc(C)c(C)c1. The van der Waals surface area contributed by atoms with Crippen LogP contribution in [0.25, 0.3) is 6.08 Å². The van der Waals surface area contributed by atoms with E-state index in [9.17, 15) is 0 Å². The van der Waals surface area contributed by atoms with Gasteiger partial charge in [-0.25, -0.2) is 0 Å². The summed E-state index contributed by atoms with van der Waals surface area (Å²) in [6.07, 6.45) is 19.3. The molecule has 0 unspecified atom stereocenters. The molecule has 0 heterocycles. The van der Waals surface area contributed by atoms with E-state index in [4.69, 9.17) is 0 Å². The quantitative estimate of drug-likeness (QED) is 0.329. The zero-order chi connectivity index (χ0) is 23.8. The third-order valence-electron chi connectivity index (χ3n) is 5.96. The van der Waals surface area contributed by atoms with Crippen LogP contribution in [-0.4, -0.2) is 0 Å². The van der Waals surface area contributed by atoms with Gasteiger partial charge >= 0.3 is 0 Å². The maximum absolute atomic E-state index is 2.42. The van der Waals surface area contributed by atoms with Crippen molar-refractivity contribution in [2.45, 2.75) is 93.4 Å². The lowest BCUT2D eigenvalue weighted by molar-refractivity contribution is 0.892. The first kappa shape index (κ1) is 27.7. The molecule has 0 aromatic heterocycles. The number of rotatable bonds is 10. The van der Waals surface area contributed by atoms with Crippen molar-refractivity contribution < 1.29 is 0 Å². The molecular weight excluding hydrogens is 384 g/mol. The Labute approximate surface area is 199 Å². The predicted octanol–water partition coefficient (Wildman–Crippen LogP) is 9.77. The number of unbranched alkanes of at least 4 members (excludes halogenated alkanes) is 1. The smallest absolute Gasteiger partial charge is 0.00948 e. The number of hydrogen-bond acceptors (Lipinski definition) is 0. The molecule has 0 fully saturated rings. The summed E-state index contributed by atoms with van der Waals surface area (Å²) in [4.78, 5) is 0. The number of allylic oxidation sites excluding steroid dienone is 5. The normalized spacial score (nSPS) is 11.8. The Hall–Kier alpha value is -2.34. The summed E-state index contributed by atoms with van der Waals surface area (Å²) in [7, 11) is 0. The largest absolute Gasteiger partial charge is 0.0913 e. The van der Waals surface area contributed by atoms with Crippen LogP contribution in [0.15, 0.2) is 66.3 Å². The van der Waals surface area contributed by atoms with Crippen LogP contribution in [0.5, 0.6) is 0 Å². The lowest BCUT2D eigenvalue weighted by atomic mass is 9.95. The Morgan fingerprint density at radius 2 is 1.59 bits per heavy atom. The molecule has 0 amide bonds. The fourth-order valence-corrected chi connectivity index (χ4v) is 3.53. The van der Waals surface area contributed by atoms with Gasteiger partial charge in [0.05, 0.1) is 0 Å². The number of aryl methyl sites for hydroxylation is 4. The van der Waals surface area contributed by atoms with Crippen molar-refractivity contribution in [2.75, 3.05) is 0 Å². The van der Waals surface area contributed by atoms with Crippen molar-refractivity contribution in [3.05, 3.63) is 99.7 Å². The Kier molecular flexibility index (Phi) is 14.1. The fourth-order valence-electron chi connectivity index (χ4n) is 3.53. The van der Waals surface area contributed by atoms with E-state index in [1.54, 1.807) is 0 Å². The Balaban J connectivity index is 0.000000343. The maximum Gasteiger partial charge on any atom is -0.00948 e. The van der Waals surface area contributed by atoms with Gasteiger partial charge in [0, 0.05) is 0 Å². The molecule has 0 bridgehead atoms. The highest BCUT2D eigenvalue weighted by atomic mass is 14.1. The van der Waals surface area contributed by atoms with Crippen molar-refractivity contribution in [1.29, 1.82) is 0 Å². The van der Waals surface area contributed by atoms with E-state index in [-0.39, 0.29) is 0 Å². The lowest BCUT2D eigenvalue weighted by Gasteiger charge is -2.11. The molecule has 0 aliphatic rings. The average molecular weight is 431 g/mol. The minimum atomic E-state index is 1.06. The van der Waals surface area contributed by atoms with Gasteiger partial charge < -0.3 is 0 Å². The predicted molar refractivity (Wildman–Crippen MR) is 147 cm³/mol. The van der Waals surface area contributed by atoms with Crippen LogP contribution < -0.4 is 0 Å². The monoisotopic (exact) mass is 430 g/mol. The molecule has 0 saturated carbocycles. The topological polar surface area (TPSA) is 0 Å². The highest BCUT2D eigenvalue weighted by Gasteiger charge is 2.04. The van der Waals surface area contributed by atoms with Gasteiger partial charge in [-0.05, 0) is 100 Å². The molecule has 2 aromatic rings. The van der Waals surface area contributed by atoms with Crippen LogP contribution in [0.3, 0.4) is 0 Å². The van der Waals surface area contributed by atoms with Crippen LogP contribution in [0.2, 0.25) is 0 Å². The van der Waals surface area contributed by atoms with Crippen LogP contribution in [0.4, 0.5) is 0 Å². The minimum Gasteiger partial charge on any atom is -0.0913 e. The van der Waals surface area contributed by atoms with Crippen molar-refractivity contribution in [2.24, 2.45) is 0 Å². The van der Waals surface area contributed by atoms with Gasteiger partial charge in [-0.2, -0.15) is 0 Å². The molecule has 2 aromatic carbocycles. The number of benzene rings is 2. The summed E-state index contributed by atoms with van der Waals surface area (Å²) in [6, 6.07) is 13.6. The first-order valence-electron chi connectivity index (χ1n) is 12.5. The van der Waals surface area contributed by atoms with Gasteiger partial charge in [0.2, 0.25) is 0 Å². The summed E-state index contributed by atoms with van der Waals surface area (Å²) in [5.41, 5.74) is 10.0.